The number of carbonyl (C=O) groups is 3. The molecule has 0 aliphatic carbocycles. The summed E-state index contributed by atoms with van der Waals surface area (Å²) in [7, 11) is 0. The fourth-order valence-corrected chi connectivity index (χ4v) is 0.885. The maximum absolute atomic E-state index is 11.1. The molecule has 16 heavy (non-hydrogen) atoms. The molecule has 0 aliphatic rings. The van der Waals surface area contributed by atoms with E-state index in [1.165, 1.54) is 6.92 Å². The highest BCUT2D eigenvalue weighted by Gasteiger charge is 2.12. The smallest absolute Gasteiger partial charge is 0.321 e. The van der Waals surface area contributed by atoms with Crippen LogP contribution in [-0.2, 0) is 9.59 Å². The zero-order valence-corrected chi connectivity index (χ0v) is 10.1. The number of amides is 4. The number of nitrogens with one attached hydrogen (secondary N) is 3. The van der Waals surface area contributed by atoms with Gasteiger partial charge in [-0.05, 0) is 13.8 Å². The van der Waals surface area contributed by atoms with Gasteiger partial charge in [-0.15, -0.1) is 11.6 Å². The Morgan fingerprint density at radius 3 is 2.38 bits per heavy atom. The van der Waals surface area contributed by atoms with Crippen molar-refractivity contribution in [1.29, 1.82) is 0 Å². The molecule has 3 N–H and O–H groups in total. The quantitative estimate of drug-likeness (QED) is 0.598. The van der Waals surface area contributed by atoms with E-state index >= 15 is 0 Å². The minimum absolute atomic E-state index is 0.153. The number of urea groups is 1. The summed E-state index contributed by atoms with van der Waals surface area (Å²) in [5.41, 5.74) is 0. The number of halogens is 1. The topological polar surface area (TPSA) is 87.3 Å². The highest BCUT2D eigenvalue weighted by Crippen LogP contribution is 1.91. The van der Waals surface area contributed by atoms with E-state index in [0.29, 0.717) is 6.54 Å². The molecule has 0 rings (SSSR count). The molecule has 0 heterocycles. The van der Waals surface area contributed by atoms with Crippen molar-refractivity contribution in [2.45, 2.75) is 25.6 Å². The fourth-order valence-electron chi connectivity index (χ4n) is 0.831. The van der Waals surface area contributed by atoms with Crippen molar-refractivity contribution in [2.75, 3.05) is 13.1 Å². The minimum atomic E-state index is -0.769. The summed E-state index contributed by atoms with van der Waals surface area (Å²) < 4.78 is 0. The van der Waals surface area contributed by atoms with Crippen molar-refractivity contribution in [2.24, 2.45) is 0 Å². The van der Waals surface area contributed by atoms with Crippen LogP contribution in [0.5, 0.6) is 0 Å². The van der Waals surface area contributed by atoms with Gasteiger partial charge in [0.05, 0.1) is 0 Å². The van der Waals surface area contributed by atoms with Crippen LogP contribution in [0.2, 0.25) is 0 Å². The molecule has 1 unspecified atom stereocenters. The molecule has 0 saturated heterocycles. The van der Waals surface area contributed by atoms with E-state index in [0.717, 1.165) is 0 Å². The standard InChI is InChI=1S/C9H16ClN3O3/c1-3-11-7(14)4-5-12-9(16)13-8(15)6(2)10/h6H,3-5H2,1-2H3,(H,11,14)(H2,12,13,15,16). The molecule has 0 aromatic carbocycles. The highest BCUT2D eigenvalue weighted by molar-refractivity contribution is 6.31. The van der Waals surface area contributed by atoms with E-state index in [-0.39, 0.29) is 18.9 Å². The van der Waals surface area contributed by atoms with E-state index < -0.39 is 17.3 Å². The Hall–Kier alpha value is -1.30. The van der Waals surface area contributed by atoms with Crippen LogP contribution in [0.1, 0.15) is 20.3 Å². The van der Waals surface area contributed by atoms with E-state index in [2.05, 4.69) is 10.6 Å². The number of carbonyl (C=O) groups excluding carboxylic acids is 3. The van der Waals surface area contributed by atoms with Crippen LogP contribution in [0.4, 0.5) is 4.79 Å². The van der Waals surface area contributed by atoms with Crippen molar-refractivity contribution < 1.29 is 14.4 Å². The molecule has 0 aromatic heterocycles. The van der Waals surface area contributed by atoms with Crippen molar-refractivity contribution in [3.8, 4) is 0 Å². The largest absolute Gasteiger partial charge is 0.356 e. The van der Waals surface area contributed by atoms with Crippen LogP contribution in [0.15, 0.2) is 0 Å². The van der Waals surface area contributed by atoms with E-state index in [4.69, 9.17) is 11.6 Å². The lowest BCUT2D eigenvalue weighted by Gasteiger charge is -2.07. The molecule has 0 aliphatic heterocycles. The van der Waals surface area contributed by atoms with Crippen LogP contribution in [0.3, 0.4) is 0 Å². The third-order valence-corrected chi connectivity index (χ3v) is 1.81. The molecule has 0 fully saturated rings. The lowest BCUT2D eigenvalue weighted by Crippen LogP contribution is -2.43. The van der Waals surface area contributed by atoms with Crippen molar-refractivity contribution in [1.82, 2.24) is 16.0 Å². The number of imide groups is 1. The zero-order valence-electron chi connectivity index (χ0n) is 9.30. The van der Waals surface area contributed by atoms with Crippen LogP contribution in [-0.4, -0.2) is 36.3 Å². The first kappa shape index (κ1) is 14.7. The van der Waals surface area contributed by atoms with Crippen molar-refractivity contribution >= 4 is 29.4 Å². The van der Waals surface area contributed by atoms with Gasteiger partial charge in [0.2, 0.25) is 11.8 Å². The van der Waals surface area contributed by atoms with Gasteiger partial charge in [-0.1, -0.05) is 0 Å². The van der Waals surface area contributed by atoms with E-state index in [9.17, 15) is 14.4 Å². The van der Waals surface area contributed by atoms with Gasteiger partial charge in [-0.3, -0.25) is 14.9 Å². The van der Waals surface area contributed by atoms with Gasteiger partial charge in [0.1, 0.15) is 5.38 Å². The molecular weight excluding hydrogens is 234 g/mol. The Morgan fingerprint density at radius 1 is 1.25 bits per heavy atom. The van der Waals surface area contributed by atoms with Gasteiger partial charge in [-0.25, -0.2) is 4.79 Å². The predicted molar refractivity (Wildman–Crippen MR) is 60.2 cm³/mol. The SMILES string of the molecule is CCNC(=O)CCNC(=O)NC(=O)C(C)Cl. The average molecular weight is 250 g/mol. The number of hydrogen-bond acceptors (Lipinski definition) is 3. The molecule has 0 bridgehead atoms. The molecule has 0 radical (unpaired) electrons. The molecule has 1 atom stereocenters. The van der Waals surface area contributed by atoms with Crippen LogP contribution in [0, 0.1) is 0 Å². The Labute approximate surface area is 99.1 Å². The number of alkyl halides is 1. The summed E-state index contributed by atoms with van der Waals surface area (Å²) in [5.74, 6) is -0.725. The lowest BCUT2D eigenvalue weighted by molar-refractivity contribution is -0.121. The first-order valence-corrected chi connectivity index (χ1v) is 5.40. The molecule has 0 aromatic rings. The summed E-state index contributed by atoms with van der Waals surface area (Å²) in [6.07, 6.45) is 0.172. The summed E-state index contributed by atoms with van der Waals surface area (Å²) in [4.78, 5) is 33.0. The van der Waals surface area contributed by atoms with Gasteiger partial charge in [-0.2, -0.15) is 0 Å². The monoisotopic (exact) mass is 249 g/mol. The molecule has 92 valence electrons. The molecule has 6 nitrogen and oxygen atoms in total. The predicted octanol–water partition coefficient (Wildman–Crippen LogP) is -0.0343. The van der Waals surface area contributed by atoms with Crippen LogP contribution < -0.4 is 16.0 Å². The highest BCUT2D eigenvalue weighted by atomic mass is 35.5. The molecule has 4 amide bonds. The zero-order chi connectivity index (χ0) is 12.6. The Kier molecular flexibility index (Phi) is 7.28. The van der Waals surface area contributed by atoms with Gasteiger partial charge in [0.25, 0.3) is 0 Å². The fraction of sp³-hybridized carbons (Fsp3) is 0.667. The van der Waals surface area contributed by atoms with Crippen LogP contribution in [0.25, 0.3) is 0 Å². The Bertz CT molecular complexity index is 269. The summed E-state index contributed by atoms with van der Waals surface area (Å²) in [6.45, 7) is 3.98. The normalized spacial score (nSPS) is 11.4. The van der Waals surface area contributed by atoms with E-state index in [1.54, 1.807) is 6.92 Å². The molecule has 0 saturated carbocycles. The second-order valence-electron chi connectivity index (χ2n) is 3.06. The second-order valence-corrected chi connectivity index (χ2v) is 3.72. The minimum Gasteiger partial charge on any atom is -0.356 e. The van der Waals surface area contributed by atoms with Gasteiger partial charge in [0.15, 0.2) is 0 Å². The summed E-state index contributed by atoms with van der Waals surface area (Å²) in [5, 5.41) is 6.21. The maximum atomic E-state index is 11.1. The Morgan fingerprint density at radius 2 is 1.88 bits per heavy atom. The third kappa shape index (κ3) is 7.05. The third-order valence-electron chi connectivity index (χ3n) is 1.61. The molecule has 0 spiro atoms. The lowest BCUT2D eigenvalue weighted by atomic mass is 10.4. The second kappa shape index (κ2) is 7.92. The van der Waals surface area contributed by atoms with Gasteiger partial charge in [0, 0.05) is 19.5 Å². The average Bonchev–Trinajstić information content (AvgIpc) is 2.17. The summed E-state index contributed by atoms with van der Waals surface area (Å²) in [6, 6.07) is -0.651. The van der Waals surface area contributed by atoms with Gasteiger partial charge >= 0.3 is 6.03 Å². The van der Waals surface area contributed by atoms with Crippen LogP contribution >= 0.6 is 11.6 Å². The van der Waals surface area contributed by atoms with Crippen molar-refractivity contribution in [3.05, 3.63) is 0 Å². The first-order chi connectivity index (χ1) is 7.47. The summed E-state index contributed by atoms with van der Waals surface area (Å²) >= 11 is 5.44. The number of rotatable bonds is 5. The Balaban J connectivity index is 3.66. The molecular formula is C9H16ClN3O3. The number of hydrogen-bond donors (Lipinski definition) is 3. The van der Waals surface area contributed by atoms with Crippen molar-refractivity contribution in [3.63, 3.8) is 0 Å². The van der Waals surface area contributed by atoms with Gasteiger partial charge < -0.3 is 10.6 Å². The maximum Gasteiger partial charge on any atom is 0.321 e. The first-order valence-electron chi connectivity index (χ1n) is 4.96. The molecule has 7 heteroatoms. The van der Waals surface area contributed by atoms with E-state index in [1.807, 2.05) is 5.32 Å².